The summed E-state index contributed by atoms with van der Waals surface area (Å²) in [7, 11) is 0. The van der Waals surface area contributed by atoms with Crippen LogP contribution in [-0.4, -0.2) is 0 Å². The van der Waals surface area contributed by atoms with Crippen molar-refractivity contribution in [2.45, 2.75) is 12.0 Å². The Morgan fingerprint density at radius 2 is 0.955 bits per heavy atom. The number of rotatable bonds is 4. The van der Waals surface area contributed by atoms with Gasteiger partial charge in [-0.2, -0.15) is 9.90 Å². The molecule has 0 aliphatic carbocycles. The summed E-state index contributed by atoms with van der Waals surface area (Å²) in [6.45, 7) is 0. The Morgan fingerprint density at radius 3 is 1.36 bits per heavy atom. The van der Waals surface area contributed by atoms with Crippen LogP contribution < -0.4 is 5.73 Å². The molecule has 1 atom stereocenters. The summed E-state index contributed by atoms with van der Waals surface area (Å²) < 4.78 is 0. The van der Waals surface area contributed by atoms with Crippen molar-refractivity contribution >= 4 is 9.90 Å². The van der Waals surface area contributed by atoms with Crippen molar-refractivity contribution in [1.82, 2.24) is 0 Å². The third-order valence-corrected chi connectivity index (χ3v) is 3.90. The monoisotopic (exact) mass is 307 g/mol. The molecule has 3 rings (SSSR count). The van der Waals surface area contributed by atoms with Crippen LogP contribution in [0.5, 0.6) is 0 Å². The average Bonchev–Trinajstić information content (AvgIpc) is 2.57. The fourth-order valence-electron chi connectivity index (χ4n) is 2.76. The van der Waals surface area contributed by atoms with Gasteiger partial charge in [-0.3, -0.25) is 0 Å². The van der Waals surface area contributed by atoms with Crippen LogP contribution in [0.25, 0.3) is 0 Å². The largest absolute Gasteiger partial charge is 0.317 e. The highest BCUT2D eigenvalue weighted by Crippen LogP contribution is 2.30. The van der Waals surface area contributed by atoms with Gasteiger partial charge in [0, 0.05) is 0 Å². The Kier molecular flexibility index (Phi) is 5.49. The lowest BCUT2D eigenvalue weighted by molar-refractivity contribution is 0.535. The summed E-state index contributed by atoms with van der Waals surface area (Å²) in [6.07, 6.45) is 0.780. The Balaban J connectivity index is 0.00000176. The normalized spacial score (nSPS) is 10.8. The zero-order chi connectivity index (χ0) is 14.5. The van der Waals surface area contributed by atoms with Crippen LogP contribution in [0.3, 0.4) is 0 Å². The van der Waals surface area contributed by atoms with Gasteiger partial charge < -0.3 is 5.73 Å². The zero-order valence-electron chi connectivity index (χ0n) is 12.7. The van der Waals surface area contributed by atoms with Gasteiger partial charge in [0.15, 0.2) is 0 Å². The average molecular weight is 307 g/mol. The maximum atomic E-state index is 6.87. The Bertz CT molecular complexity index is 641. The molecule has 0 saturated heterocycles. The van der Waals surface area contributed by atoms with E-state index in [9.17, 15) is 0 Å². The van der Waals surface area contributed by atoms with Gasteiger partial charge in [0.1, 0.15) is 0 Å². The first-order chi connectivity index (χ1) is 10.3. The van der Waals surface area contributed by atoms with E-state index in [-0.39, 0.29) is 9.90 Å². The molecule has 0 heterocycles. The minimum Gasteiger partial charge on any atom is -0.317 e. The fourth-order valence-corrected chi connectivity index (χ4v) is 2.76. The number of hydrogen-bond acceptors (Lipinski definition) is 1. The van der Waals surface area contributed by atoms with E-state index < -0.39 is 5.54 Å². The fraction of sp³-hybridized carbons (Fsp3) is 0.100. The van der Waals surface area contributed by atoms with Gasteiger partial charge in [-0.05, 0) is 23.1 Å². The van der Waals surface area contributed by atoms with Crippen LogP contribution in [0.2, 0.25) is 0 Å². The first kappa shape index (κ1) is 16.4. The van der Waals surface area contributed by atoms with Crippen LogP contribution in [0.4, 0.5) is 0 Å². The molecule has 3 aromatic carbocycles. The van der Waals surface area contributed by atoms with E-state index in [0.29, 0.717) is 0 Å². The second-order valence-electron chi connectivity index (χ2n) is 5.37. The van der Waals surface area contributed by atoms with Crippen LogP contribution in [0, 0.1) is 0 Å². The highest BCUT2D eigenvalue weighted by atomic mass is 31.0. The minimum atomic E-state index is -0.510. The van der Waals surface area contributed by atoms with E-state index in [1.165, 1.54) is 5.56 Å². The topological polar surface area (TPSA) is 26.0 Å². The van der Waals surface area contributed by atoms with Gasteiger partial charge in [0.25, 0.3) is 0 Å². The quantitative estimate of drug-likeness (QED) is 0.719. The van der Waals surface area contributed by atoms with Gasteiger partial charge in [0.2, 0.25) is 0 Å². The number of benzene rings is 3. The molecule has 2 heteroatoms. The summed E-state index contributed by atoms with van der Waals surface area (Å²) in [5.41, 5.74) is 9.88. The highest BCUT2D eigenvalue weighted by Gasteiger charge is 2.29. The molecule has 0 spiro atoms. The van der Waals surface area contributed by atoms with Gasteiger partial charge in [-0.15, -0.1) is 0 Å². The zero-order valence-corrected chi connectivity index (χ0v) is 14.1. The molecule has 22 heavy (non-hydrogen) atoms. The lowest BCUT2D eigenvalue weighted by Gasteiger charge is -2.31. The van der Waals surface area contributed by atoms with Crippen molar-refractivity contribution in [2.24, 2.45) is 5.73 Å². The second-order valence-corrected chi connectivity index (χ2v) is 5.37. The SMILES string of the molecule is NC(Cc1ccccc1)(c1ccccc1)c1ccccc1.P. The van der Waals surface area contributed by atoms with Crippen molar-refractivity contribution in [3.05, 3.63) is 108 Å². The van der Waals surface area contributed by atoms with Gasteiger partial charge in [0.05, 0.1) is 5.54 Å². The standard InChI is InChI=1S/C20H19N.H3P/c21-20(18-12-6-2-7-13-18,19-14-8-3-9-15-19)16-17-10-4-1-5-11-17;/h1-15H,16,21H2;1H3. The molecule has 0 radical (unpaired) electrons. The molecule has 0 fully saturated rings. The minimum absolute atomic E-state index is 0. The Labute approximate surface area is 135 Å². The van der Waals surface area contributed by atoms with Crippen molar-refractivity contribution < 1.29 is 0 Å². The lowest BCUT2D eigenvalue weighted by Crippen LogP contribution is -2.40. The molecule has 0 aromatic heterocycles. The third-order valence-electron chi connectivity index (χ3n) is 3.90. The smallest absolute Gasteiger partial charge is 0.0706 e. The van der Waals surface area contributed by atoms with Crippen molar-refractivity contribution in [3.63, 3.8) is 0 Å². The predicted octanol–water partition coefficient (Wildman–Crippen LogP) is 4.19. The van der Waals surface area contributed by atoms with Crippen molar-refractivity contribution in [3.8, 4) is 0 Å². The third kappa shape index (κ3) is 3.44. The molecule has 3 aromatic rings. The van der Waals surface area contributed by atoms with Gasteiger partial charge >= 0.3 is 0 Å². The summed E-state index contributed by atoms with van der Waals surface area (Å²) in [5.74, 6) is 0. The molecule has 0 aliphatic rings. The van der Waals surface area contributed by atoms with E-state index in [2.05, 4.69) is 48.5 Å². The first-order valence-electron chi connectivity index (χ1n) is 7.23. The first-order valence-corrected chi connectivity index (χ1v) is 7.23. The molecule has 0 bridgehead atoms. The Hall–Kier alpha value is -1.95. The Morgan fingerprint density at radius 1 is 0.591 bits per heavy atom. The van der Waals surface area contributed by atoms with Crippen LogP contribution >= 0.6 is 9.90 Å². The summed E-state index contributed by atoms with van der Waals surface area (Å²) in [4.78, 5) is 0. The van der Waals surface area contributed by atoms with Crippen LogP contribution in [0.15, 0.2) is 91.0 Å². The molecular formula is C20H22NP. The summed E-state index contributed by atoms with van der Waals surface area (Å²) >= 11 is 0. The second kappa shape index (κ2) is 7.35. The van der Waals surface area contributed by atoms with E-state index in [1.807, 2.05) is 42.5 Å². The summed E-state index contributed by atoms with van der Waals surface area (Å²) in [5, 5.41) is 0. The van der Waals surface area contributed by atoms with Crippen LogP contribution in [-0.2, 0) is 12.0 Å². The van der Waals surface area contributed by atoms with Crippen molar-refractivity contribution in [1.29, 1.82) is 0 Å². The molecule has 112 valence electrons. The molecule has 1 unspecified atom stereocenters. The van der Waals surface area contributed by atoms with Crippen molar-refractivity contribution in [2.75, 3.05) is 0 Å². The van der Waals surface area contributed by atoms with Gasteiger partial charge in [-0.25, -0.2) is 0 Å². The molecule has 1 nitrogen and oxygen atoms in total. The summed E-state index contributed by atoms with van der Waals surface area (Å²) in [6, 6.07) is 31.1. The maximum Gasteiger partial charge on any atom is 0.0706 e. The molecule has 0 aliphatic heterocycles. The number of hydrogen-bond donors (Lipinski definition) is 1. The predicted molar refractivity (Wildman–Crippen MR) is 99.1 cm³/mol. The van der Waals surface area contributed by atoms with E-state index >= 15 is 0 Å². The number of nitrogens with two attached hydrogens (primary N) is 1. The van der Waals surface area contributed by atoms with Crippen LogP contribution in [0.1, 0.15) is 16.7 Å². The van der Waals surface area contributed by atoms with E-state index in [0.717, 1.165) is 17.5 Å². The molecule has 0 saturated carbocycles. The molecule has 2 N–H and O–H groups in total. The van der Waals surface area contributed by atoms with Gasteiger partial charge in [-0.1, -0.05) is 91.0 Å². The lowest BCUT2D eigenvalue weighted by atomic mass is 9.79. The molecular weight excluding hydrogens is 285 g/mol. The highest BCUT2D eigenvalue weighted by molar-refractivity contribution is 6.92. The maximum absolute atomic E-state index is 6.87. The van der Waals surface area contributed by atoms with E-state index in [4.69, 9.17) is 5.73 Å². The molecule has 0 amide bonds. The van der Waals surface area contributed by atoms with E-state index in [1.54, 1.807) is 0 Å².